The number of amides is 2. The molecule has 1 atom stereocenters. The molecule has 168 valence electrons. The van der Waals surface area contributed by atoms with Crippen LogP contribution in [0.3, 0.4) is 0 Å². The highest BCUT2D eigenvalue weighted by atomic mass is 16.2. The molecule has 6 nitrogen and oxygen atoms in total. The van der Waals surface area contributed by atoms with Gasteiger partial charge in [-0.15, -0.1) is 0 Å². The molecule has 6 heteroatoms. The van der Waals surface area contributed by atoms with Gasteiger partial charge in [-0.2, -0.15) is 0 Å². The number of H-pyrrole nitrogens is 1. The number of pyridine rings is 1. The third kappa shape index (κ3) is 4.54. The van der Waals surface area contributed by atoms with Crippen molar-refractivity contribution in [1.82, 2.24) is 19.8 Å². The van der Waals surface area contributed by atoms with Gasteiger partial charge in [0.2, 0.25) is 5.91 Å². The second-order valence-electron chi connectivity index (χ2n) is 8.71. The van der Waals surface area contributed by atoms with E-state index in [0.717, 1.165) is 53.7 Å². The van der Waals surface area contributed by atoms with Crippen LogP contribution in [-0.4, -0.2) is 57.8 Å². The molecule has 1 N–H and O–H groups in total. The fourth-order valence-corrected chi connectivity index (χ4v) is 4.79. The maximum atomic E-state index is 13.0. The number of nitrogens with zero attached hydrogens (tertiary/aromatic N) is 3. The number of hydrogen-bond donors (Lipinski definition) is 1. The Bertz CT molecular complexity index is 1120. The zero-order valence-corrected chi connectivity index (χ0v) is 19.2. The summed E-state index contributed by atoms with van der Waals surface area (Å²) in [6.07, 6.45) is 5.74. The summed E-state index contributed by atoms with van der Waals surface area (Å²) < 4.78 is 0. The van der Waals surface area contributed by atoms with Crippen LogP contribution >= 0.6 is 0 Å². The maximum Gasteiger partial charge on any atom is 0.255 e. The summed E-state index contributed by atoms with van der Waals surface area (Å²) in [6, 6.07) is 10.1. The van der Waals surface area contributed by atoms with Crippen LogP contribution in [0, 0.1) is 12.8 Å². The number of aromatic amines is 1. The fourth-order valence-electron chi connectivity index (χ4n) is 4.79. The summed E-state index contributed by atoms with van der Waals surface area (Å²) >= 11 is 0. The number of carbonyl (C=O) groups excluding carboxylic acids is 2. The van der Waals surface area contributed by atoms with E-state index in [1.165, 1.54) is 0 Å². The molecule has 3 aromatic rings. The number of hydrogen-bond acceptors (Lipinski definition) is 3. The smallest absolute Gasteiger partial charge is 0.255 e. The Labute approximate surface area is 189 Å². The summed E-state index contributed by atoms with van der Waals surface area (Å²) in [4.78, 5) is 37.2. The van der Waals surface area contributed by atoms with Crippen molar-refractivity contribution in [3.05, 3.63) is 65.1 Å². The third-order valence-corrected chi connectivity index (χ3v) is 6.61. The zero-order chi connectivity index (χ0) is 22.7. The Morgan fingerprint density at radius 3 is 2.75 bits per heavy atom. The van der Waals surface area contributed by atoms with Crippen molar-refractivity contribution in [1.29, 1.82) is 0 Å². The average molecular weight is 433 g/mol. The van der Waals surface area contributed by atoms with Gasteiger partial charge in [0.1, 0.15) is 0 Å². The van der Waals surface area contributed by atoms with Crippen molar-refractivity contribution in [3.8, 4) is 0 Å². The van der Waals surface area contributed by atoms with Gasteiger partial charge in [0.05, 0.1) is 12.0 Å². The third-order valence-electron chi connectivity index (χ3n) is 6.61. The van der Waals surface area contributed by atoms with Crippen LogP contribution in [0.15, 0.2) is 42.7 Å². The summed E-state index contributed by atoms with van der Waals surface area (Å²) in [6.45, 7) is 8.94. The lowest BCUT2D eigenvalue weighted by atomic mass is 9.99. The molecule has 0 bridgehead atoms. The highest BCUT2D eigenvalue weighted by Crippen LogP contribution is 2.25. The molecule has 0 spiro atoms. The summed E-state index contributed by atoms with van der Waals surface area (Å²) in [5, 5.41) is 1.13. The van der Waals surface area contributed by atoms with Gasteiger partial charge in [0.15, 0.2) is 0 Å². The van der Waals surface area contributed by atoms with Gasteiger partial charge in [-0.25, -0.2) is 0 Å². The van der Waals surface area contributed by atoms with E-state index in [1.807, 2.05) is 55.0 Å². The molecule has 4 rings (SSSR count). The van der Waals surface area contributed by atoms with Gasteiger partial charge in [-0.1, -0.05) is 18.2 Å². The number of aryl methyl sites for hydroxylation is 1. The van der Waals surface area contributed by atoms with E-state index >= 15 is 0 Å². The van der Waals surface area contributed by atoms with Gasteiger partial charge in [0.25, 0.3) is 5.91 Å². The lowest BCUT2D eigenvalue weighted by Gasteiger charge is -2.19. The monoisotopic (exact) mass is 432 g/mol. The number of fused-ring (bicyclic) bond motifs is 1. The van der Waals surface area contributed by atoms with Crippen molar-refractivity contribution in [2.75, 3.05) is 26.2 Å². The highest BCUT2D eigenvalue weighted by molar-refractivity contribution is 5.94. The first kappa shape index (κ1) is 22.1. The van der Waals surface area contributed by atoms with E-state index in [2.05, 4.69) is 22.1 Å². The molecule has 0 saturated carbocycles. The quantitative estimate of drug-likeness (QED) is 0.614. The van der Waals surface area contributed by atoms with Crippen molar-refractivity contribution >= 4 is 22.7 Å². The number of likely N-dealkylation sites (tertiary alicyclic amines) is 1. The van der Waals surface area contributed by atoms with Crippen LogP contribution in [-0.2, 0) is 17.6 Å². The molecule has 0 aliphatic carbocycles. The van der Waals surface area contributed by atoms with Crippen LogP contribution in [0.25, 0.3) is 10.9 Å². The fraction of sp³-hybridized carbons (Fsp3) is 0.423. The number of carbonyl (C=O) groups is 2. The highest BCUT2D eigenvalue weighted by Gasteiger charge is 2.27. The Morgan fingerprint density at radius 2 is 1.97 bits per heavy atom. The molecule has 1 aliphatic rings. The molecule has 32 heavy (non-hydrogen) atoms. The first-order valence-electron chi connectivity index (χ1n) is 11.6. The summed E-state index contributed by atoms with van der Waals surface area (Å²) in [5.74, 6) is 0.606. The van der Waals surface area contributed by atoms with Gasteiger partial charge >= 0.3 is 0 Å². The molecule has 1 aliphatic heterocycles. The summed E-state index contributed by atoms with van der Waals surface area (Å²) in [7, 11) is 0. The molecule has 2 aromatic heterocycles. The van der Waals surface area contributed by atoms with Crippen LogP contribution in [0.5, 0.6) is 0 Å². The van der Waals surface area contributed by atoms with E-state index in [0.29, 0.717) is 31.0 Å². The lowest BCUT2D eigenvalue weighted by molar-refractivity contribution is -0.129. The number of aromatic nitrogens is 2. The number of rotatable bonds is 7. The van der Waals surface area contributed by atoms with Crippen LogP contribution < -0.4 is 0 Å². The lowest BCUT2D eigenvalue weighted by Crippen LogP contribution is -2.31. The Morgan fingerprint density at radius 1 is 1.19 bits per heavy atom. The van der Waals surface area contributed by atoms with Crippen molar-refractivity contribution in [2.24, 2.45) is 5.92 Å². The molecule has 1 unspecified atom stereocenters. The van der Waals surface area contributed by atoms with Crippen molar-refractivity contribution in [3.63, 3.8) is 0 Å². The number of para-hydroxylation sites is 1. The molecular formula is C26H32N4O2. The van der Waals surface area contributed by atoms with Gasteiger partial charge in [0, 0.05) is 55.2 Å². The van der Waals surface area contributed by atoms with Crippen molar-refractivity contribution < 1.29 is 9.59 Å². The van der Waals surface area contributed by atoms with E-state index in [-0.39, 0.29) is 11.8 Å². The Balaban J connectivity index is 1.39. The molecule has 1 aromatic carbocycles. The van der Waals surface area contributed by atoms with Crippen LogP contribution in [0.1, 0.15) is 47.4 Å². The van der Waals surface area contributed by atoms with E-state index in [9.17, 15) is 9.59 Å². The molecule has 3 heterocycles. The van der Waals surface area contributed by atoms with E-state index < -0.39 is 0 Å². The minimum atomic E-state index is 0.0293. The number of benzene rings is 1. The van der Waals surface area contributed by atoms with E-state index in [4.69, 9.17) is 0 Å². The number of nitrogens with one attached hydrogen (secondary N) is 1. The van der Waals surface area contributed by atoms with Gasteiger partial charge in [-0.3, -0.25) is 14.6 Å². The topological polar surface area (TPSA) is 69.3 Å². The Hall–Kier alpha value is -3.15. The normalized spacial score (nSPS) is 16.0. The average Bonchev–Trinajstić information content (AvgIpc) is 3.39. The predicted molar refractivity (Wildman–Crippen MR) is 127 cm³/mol. The standard InChI is InChI=1S/C26H32N4O2/c1-4-29(5-2)26(32)21-13-20(15-27-16-21)12-19-10-11-30(17-19)25(31)14-23-18(3)28-24-9-7-6-8-22(23)24/h6-9,13,15-16,19,28H,4-5,10-12,14,17H2,1-3H3. The zero-order valence-electron chi connectivity index (χ0n) is 19.2. The molecule has 0 radical (unpaired) electrons. The van der Waals surface area contributed by atoms with Gasteiger partial charge in [-0.05, 0) is 62.8 Å². The molecule has 1 saturated heterocycles. The second kappa shape index (κ2) is 9.55. The minimum Gasteiger partial charge on any atom is -0.358 e. The first-order valence-corrected chi connectivity index (χ1v) is 11.6. The maximum absolute atomic E-state index is 13.0. The van der Waals surface area contributed by atoms with Crippen molar-refractivity contribution in [2.45, 2.75) is 40.0 Å². The largest absolute Gasteiger partial charge is 0.358 e. The predicted octanol–water partition coefficient (Wildman–Crippen LogP) is 3.99. The minimum absolute atomic E-state index is 0.0293. The SMILES string of the molecule is CCN(CC)C(=O)c1cncc(CC2CCN(C(=O)Cc3c(C)[nH]c4ccccc34)C2)c1. The van der Waals surface area contributed by atoms with E-state index in [1.54, 1.807) is 6.20 Å². The Kier molecular flexibility index (Phi) is 6.58. The van der Waals surface area contributed by atoms with Gasteiger partial charge < -0.3 is 14.8 Å². The second-order valence-corrected chi connectivity index (χ2v) is 8.71. The first-order chi connectivity index (χ1) is 15.5. The molecule has 2 amide bonds. The van der Waals surface area contributed by atoms with Crippen LogP contribution in [0.2, 0.25) is 0 Å². The van der Waals surface area contributed by atoms with Crippen LogP contribution in [0.4, 0.5) is 0 Å². The molecular weight excluding hydrogens is 400 g/mol. The molecule has 1 fully saturated rings. The summed E-state index contributed by atoms with van der Waals surface area (Å²) in [5.41, 5.74) is 4.96.